The molecule has 0 radical (unpaired) electrons. The molecule has 1 amide bonds. The van der Waals surface area contributed by atoms with Crippen molar-refractivity contribution in [1.82, 2.24) is 14.5 Å². The summed E-state index contributed by atoms with van der Waals surface area (Å²) in [5.74, 6) is -5.30. The molecule has 3 aromatic heterocycles. The molecule has 1 fully saturated rings. The molecule has 0 bridgehead atoms. The maximum atomic E-state index is 14.9. The number of thioether (sulfide) groups is 1. The van der Waals surface area contributed by atoms with Crippen LogP contribution in [0.4, 0.5) is 9.52 Å². The van der Waals surface area contributed by atoms with Gasteiger partial charge in [0.05, 0.1) is 28.7 Å². The number of thiazole rings is 1. The number of hydrogen-bond donors (Lipinski definition) is 5. The number of aromatic nitrogens is 3. The van der Waals surface area contributed by atoms with E-state index in [1.54, 1.807) is 27.6 Å². The molecular weight excluding hydrogens is 739 g/mol. The van der Waals surface area contributed by atoms with Gasteiger partial charge in [0.15, 0.2) is 35.6 Å². The van der Waals surface area contributed by atoms with E-state index in [0.717, 1.165) is 28.3 Å². The first kappa shape index (κ1) is 36.5. The number of anilines is 1. The number of nitrogen functional groups attached to an aromatic ring is 2. The van der Waals surface area contributed by atoms with Gasteiger partial charge in [0.25, 0.3) is 0 Å². The highest BCUT2D eigenvalue weighted by atomic mass is 35.5. The standard InChI is InChI=1S/C33H30ClFN8O7S2/c1-33(2,31(48)49)50-40-25(22-14-52-32(38)39-22)24(44)9-18-28(45)43-26(30(46)47)17(13-51-29(18)43)11-41-5-4-23-15(10-41)3-6-42(23)12-19-20(34)7-16(27(36)37)8-21(19)35/h3-8,10,14,18,29H,9,11-13H2,1-2H3,(H6-,36,37,38,39,46,47,48,49)/p+1/b40-25-/t18-,29-/m1/s1. The van der Waals surface area contributed by atoms with E-state index in [1.165, 1.54) is 42.0 Å². The Morgan fingerprint density at radius 1 is 1.27 bits per heavy atom. The number of carbonyl (C=O) groups is 4. The zero-order chi connectivity index (χ0) is 37.6. The minimum atomic E-state index is -1.77. The fourth-order valence-corrected chi connectivity index (χ4v) is 8.02. The normalized spacial score (nSPS) is 17.6. The number of oxime groups is 1. The summed E-state index contributed by atoms with van der Waals surface area (Å²) in [6, 6.07) is 6.23. The van der Waals surface area contributed by atoms with Crippen molar-refractivity contribution in [2.75, 3.05) is 11.5 Å². The predicted octanol–water partition coefficient (Wildman–Crippen LogP) is 3.21. The minimum Gasteiger partial charge on any atom is -0.478 e. The highest BCUT2D eigenvalue weighted by molar-refractivity contribution is 8.00. The number of halogens is 2. The second kappa shape index (κ2) is 14.0. The van der Waals surface area contributed by atoms with Gasteiger partial charge in [-0.25, -0.2) is 23.5 Å². The Bertz CT molecular complexity index is 2230. The first-order valence-corrected chi connectivity index (χ1v) is 17.8. The van der Waals surface area contributed by atoms with Crippen molar-refractivity contribution in [3.63, 3.8) is 0 Å². The van der Waals surface area contributed by atoms with Gasteiger partial charge in [0.1, 0.15) is 23.0 Å². The van der Waals surface area contributed by atoms with Gasteiger partial charge in [-0.3, -0.25) is 19.9 Å². The molecule has 2 atom stereocenters. The Balaban J connectivity index is 1.19. The summed E-state index contributed by atoms with van der Waals surface area (Å²) in [6.07, 6.45) is 4.98. The summed E-state index contributed by atoms with van der Waals surface area (Å²) in [5, 5.41) is 32.9. The van der Waals surface area contributed by atoms with Crippen LogP contribution in [0.15, 0.2) is 64.7 Å². The first-order valence-electron chi connectivity index (χ1n) is 15.5. The fourth-order valence-electron chi connectivity index (χ4n) is 5.80. The minimum absolute atomic E-state index is 0.0608. The first-order chi connectivity index (χ1) is 24.5. The number of amidine groups is 1. The average molecular weight is 770 g/mol. The Morgan fingerprint density at radius 3 is 2.65 bits per heavy atom. The molecule has 2 aliphatic heterocycles. The van der Waals surface area contributed by atoms with E-state index in [0.29, 0.717) is 5.57 Å². The monoisotopic (exact) mass is 769 g/mol. The highest BCUT2D eigenvalue weighted by Crippen LogP contribution is 2.45. The predicted molar refractivity (Wildman–Crippen MR) is 190 cm³/mol. The summed E-state index contributed by atoms with van der Waals surface area (Å²) in [6.45, 7) is 2.78. The molecule has 6 rings (SSSR count). The number of nitrogens with zero attached hydrogens (tertiary/aromatic N) is 5. The van der Waals surface area contributed by atoms with Crippen LogP contribution >= 0.6 is 34.7 Å². The lowest BCUT2D eigenvalue weighted by Crippen LogP contribution is -2.62. The molecule has 2 aliphatic rings. The number of fused-ring (bicyclic) bond motifs is 2. The molecule has 0 spiro atoms. The van der Waals surface area contributed by atoms with E-state index in [4.69, 9.17) is 33.3 Å². The lowest BCUT2D eigenvalue weighted by Gasteiger charge is -2.49. The quantitative estimate of drug-likeness (QED) is 0.0436. The van der Waals surface area contributed by atoms with Crippen molar-refractivity contribution in [3.8, 4) is 0 Å². The number of nitrogens with one attached hydrogen (secondary N) is 1. The van der Waals surface area contributed by atoms with Crippen molar-refractivity contribution in [2.45, 2.75) is 44.3 Å². The molecule has 0 aliphatic carbocycles. The number of β-lactam (4-membered cyclic amide) rings is 1. The largest absolute Gasteiger partial charge is 0.478 e. The van der Waals surface area contributed by atoms with Crippen LogP contribution in [0.25, 0.3) is 10.9 Å². The third-order valence-corrected chi connectivity index (χ3v) is 11.0. The van der Waals surface area contributed by atoms with Crippen LogP contribution in [0.5, 0.6) is 0 Å². The number of hydrogen-bond acceptors (Lipinski definition) is 11. The fraction of sp³-hybridized carbons (Fsp3) is 0.273. The van der Waals surface area contributed by atoms with E-state index in [9.17, 15) is 33.8 Å². The van der Waals surface area contributed by atoms with Crippen molar-refractivity contribution in [1.29, 1.82) is 5.41 Å². The molecular formula is C33H31ClFN8O7S2+. The van der Waals surface area contributed by atoms with Gasteiger partial charge < -0.3 is 31.1 Å². The molecule has 15 nitrogen and oxygen atoms in total. The second-order valence-corrected chi connectivity index (χ2v) is 15.0. The number of ketones is 1. The van der Waals surface area contributed by atoms with Crippen LogP contribution in [-0.4, -0.2) is 76.6 Å². The number of Topliss-reactive ketones (excluding diaryl/α,β-unsaturated/α-hetero) is 1. The lowest BCUT2D eigenvalue weighted by atomic mass is 9.89. The van der Waals surface area contributed by atoms with Crippen molar-refractivity contribution < 1.29 is 43.2 Å². The third kappa shape index (κ3) is 6.96. The summed E-state index contributed by atoms with van der Waals surface area (Å²) in [7, 11) is 0. The van der Waals surface area contributed by atoms with Crippen molar-refractivity contribution in [3.05, 3.63) is 87.2 Å². The van der Waals surface area contributed by atoms with E-state index < -0.39 is 46.3 Å². The van der Waals surface area contributed by atoms with E-state index >= 15 is 0 Å². The number of carboxylic acids is 2. The average Bonchev–Trinajstić information content (AvgIpc) is 3.69. The van der Waals surface area contributed by atoms with Gasteiger partial charge in [-0.05, 0) is 32.0 Å². The number of benzene rings is 1. The van der Waals surface area contributed by atoms with Gasteiger partial charge in [0.2, 0.25) is 11.5 Å². The number of nitrogens with two attached hydrogens (primary N) is 2. The van der Waals surface area contributed by atoms with Crippen LogP contribution < -0.4 is 16.0 Å². The number of rotatable bonds is 13. The molecule has 5 heterocycles. The Labute approximate surface area is 307 Å². The Kier molecular flexibility index (Phi) is 9.82. The molecule has 52 heavy (non-hydrogen) atoms. The summed E-state index contributed by atoms with van der Waals surface area (Å²) in [4.78, 5) is 61.4. The Morgan fingerprint density at radius 2 is 2.02 bits per heavy atom. The summed E-state index contributed by atoms with van der Waals surface area (Å²) in [5.41, 5.74) is 10.7. The third-order valence-electron chi connectivity index (χ3n) is 8.60. The molecule has 0 unspecified atom stereocenters. The van der Waals surface area contributed by atoms with Crippen molar-refractivity contribution in [2.24, 2.45) is 16.8 Å². The molecule has 270 valence electrons. The van der Waals surface area contributed by atoms with Gasteiger partial charge >= 0.3 is 11.9 Å². The SMILES string of the molecule is CC(C)(O/N=C(\C(=O)C[C@@H]1C(=O)N2C(C(=O)O)=C(C[n+]3ccc4c(ccn4Cc4c(F)cc(C(=N)N)cc4Cl)c3)CS[C@H]12)c1csc(N)n1)C(=O)O. The highest BCUT2D eigenvalue weighted by Gasteiger charge is 2.54. The summed E-state index contributed by atoms with van der Waals surface area (Å²) < 4.78 is 18.5. The van der Waals surface area contributed by atoms with Crippen LogP contribution in [0.1, 0.15) is 37.1 Å². The number of amides is 1. The van der Waals surface area contributed by atoms with Crippen LogP contribution in [0.2, 0.25) is 5.02 Å². The lowest BCUT2D eigenvalue weighted by molar-refractivity contribution is -0.687. The van der Waals surface area contributed by atoms with E-state index in [-0.39, 0.29) is 69.5 Å². The van der Waals surface area contributed by atoms with Gasteiger partial charge in [0, 0.05) is 51.5 Å². The van der Waals surface area contributed by atoms with Gasteiger partial charge in [-0.15, -0.1) is 23.1 Å². The van der Waals surface area contributed by atoms with Crippen molar-refractivity contribution >= 4 is 85.9 Å². The molecule has 7 N–H and O–H groups in total. The maximum Gasteiger partial charge on any atom is 0.352 e. The maximum absolute atomic E-state index is 14.9. The molecule has 0 saturated carbocycles. The van der Waals surface area contributed by atoms with Crippen LogP contribution in [0.3, 0.4) is 0 Å². The van der Waals surface area contributed by atoms with E-state index in [2.05, 4.69) is 10.1 Å². The van der Waals surface area contributed by atoms with Crippen LogP contribution in [0, 0.1) is 17.1 Å². The van der Waals surface area contributed by atoms with E-state index in [1.807, 2.05) is 12.3 Å². The number of pyridine rings is 1. The molecule has 1 aromatic carbocycles. The topological polar surface area (TPSA) is 231 Å². The Hall–Kier alpha value is -5.33. The zero-order valence-corrected chi connectivity index (χ0v) is 29.9. The van der Waals surface area contributed by atoms with Gasteiger partial charge in [-0.1, -0.05) is 16.8 Å². The number of carboxylic acid groups (broad SMARTS) is 2. The van der Waals surface area contributed by atoms with Crippen LogP contribution in [-0.2, 0) is 37.1 Å². The van der Waals surface area contributed by atoms with Gasteiger partial charge in [-0.2, -0.15) is 0 Å². The number of carbonyl (C=O) groups excluding carboxylic acids is 2. The number of aliphatic carboxylic acids is 2. The molecule has 1 saturated heterocycles. The smallest absolute Gasteiger partial charge is 0.352 e. The zero-order valence-electron chi connectivity index (χ0n) is 27.5. The molecule has 19 heteroatoms. The summed E-state index contributed by atoms with van der Waals surface area (Å²) >= 11 is 8.68. The molecule has 4 aromatic rings. The second-order valence-electron chi connectivity index (χ2n) is 12.6.